The summed E-state index contributed by atoms with van der Waals surface area (Å²) in [5, 5.41) is 8.41. The monoisotopic (exact) mass is 433 g/mol. The van der Waals surface area contributed by atoms with Gasteiger partial charge < -0.3 is 14.2 Å². The van der Waals surface area contributed by atoms with Crippen molar-refractivity contribution in [2.24, 2.45) is 0 Å². The van der Waals surface area contributed by atoms with Gasteiger partial charge in [0.2, 0.25) is 0 Å². The highest BCUT2D eigenvalue weighted by molar-refractivity contribution is 6.07. The molecule has 6 rings (SSSR count). The van der Waals surface area contributed by atoms with Gasteiger partial charge >= 0.3 is 0 Å². The van der Waals surface area contributed by atoms with E-state index in [1.807, 2.05) is 18.3 Å². The van der Waals surface area contributed by atoms with Gasteiger partial charge in [-0.2, -0.15) is 5.10 Å². The fourth-order valence-corrected chi connectivity index (χ4v) is 5.43. The zero-order valence-corrected chi connectivity index (χ0v) is 18.5. The van der Waals surface area contributed by atoms with Gasteiger partial charge in [-0.15, -0.1) is 0 Å². The molecule has 3 heterocycles. The van der Waals surface area contributed by atoms with Gasteiger partial charge in [-0.1, -0.05) is 6.07 Å². The smallest absolute Gasteiger partial charge is 0.255 e. The van der Waals surface area contributed by atoms with Crippen molar-refractivity contribution >= 4 is 16.8 Å². The number of hydrogen-bond acceptors (Lipinski definition) is 4. The summed E-state index contributed by atoms with van der Waals surface area (Å²) in [6, 6.07) is 8.98. The molecule has 1 amide bonds. The number of aryl methyl sites for hydroxylation is 1. The molecule has 2 fully saturated rings. The van der Waals surface area contributed by atoms with Crippen LogP contribution in [0.4, 0.5) is 0 Å². The number of H-pyrrole nitrogens is 1. The van der Waals surface area contributed by atoms with Crippen LogP contribution < -0.4 is 0 Å². The fourth-order valence-electron chi connectivity index (χ4n) is 5.43. The molecule has 2 aliphatic carbocycles. The first-order valence-corrected chi connectivity index (χ1v) is 12.0. The van der Waals surface area contributed by atoms with E-state index in [2.05, 4.69) is 42.9 Å². The summed E-state index contributed by atoms with van der Waals surface area (Å²) in [5.74, 6) is 0.195. The summed E-state index contributed by atoms with van der Waals surface area (Å²) in [6.07, 6.45) is 9.21. The second-order valence-electron chi connectivity index (χ2n) is 9.42. The molecule has 3 aromatic rings. The highest BCUT2D eigenvalue weighted by atomic mass is 16.5. The Bertz CT molecular complexity index is 1110. The zero-order valence-electron chi connectivity index (χ0n) is 18.5. The van der Waals surface area contributed by atoms with Crippen LogP contribution in [0, 0.1) is 0 Å². The zero-order chi connectivity index (χ0) is 21.5. The molecule has 0 bridgehead atoms. The Morgan fingerprint density at radius 3 is 2.84 bits per heavy atom. The maximum Gasteiger partial charge on any atom is 0.255 e. The van der Waals surface area contributed by atoms with Gasteiger partial charge in [0.1, 0.15) is 0 Å². The van der Waals surface area contributed by atoms with E-state index in [-0.39, 0.29) is 11.9 Å². The van der Waals surface area contributed by atoms with Crippen molar-refractivity contribution in [2.75, 3.05) is 32.8 Å². The highest BCUT2D eigenvalue weighted by Gasteiger charge is 2.39. The van der Waals surface area contributed by atoms with Crippen LogP contribution in [0.1, 0.15) is 40.9 Å². The summed E-state index contributed by atoms with van der Waals surface area (Å²) >= 11 is 0. The van der Waals surface area contributed by atoms with E-state index >= 15 is 0 Å². The number of aromatic nitrogens is 3. The predicted octanol–water partition coefficient (Wildman–Crippen LogP) is 2.86. The fraction of sp³-hybridized carbons (Fsp3) is 0.520. The number of ether oxygens (including phenoxy) is 1. The number of hydrogen-bond donors (Lipinski definition) is 1. The van der Waals surface area contributed by atoms with Crippen molar-refractivity contribution in [1.29, 1.82) is 0 Å². The molecular weight excluding hydrogens is 402 g/mol. The van der Waals surface area contributed by atoms with Crippen LogP contribution in [0.3, 0.4) is 0 Å². The Hall–Kier alpha value is -2.64. The molecule has 1 aliphatic heterocycles. The van der Waals surface area contributed by atoms with E-state index < -0.39 is 0 Å². The van der Waals surface area contributed by atoms with Gasteiger partial charge in [0.25, 0.3) is 5.91 Å². The first-order chi connectivity index (χ1) is 15.8. The lowest BCUT2D eigenvalue weighted by Gasteiger charge is -2.34. The Balaban J connectivity index is 1.24. The number of amides is 1. The summed E-state index contributed by atoms with van der Waals surface area (Å²) in [4.78, 5) is 18.5. The highest BCUT2D eigenvalue weighted by Crippen LogP contribution is 2.35. The molecular formula is C25H31N5O2. The topological polar surface area (TPSA) is 66.4 Å². The standard InChI is InChI=1S/C25H31N5O2/c31-25(30(19-4-5-19)20-6-7-23-18(16-20)17-26-27-23)22-2-1-3-24-21(22)8-9-29(24)11-10-28-12-14-32-15-13-28/h1-3,8-9,17,19-20H,4-7,10-16H2,(H,26,27). The summed E-state index contributed by atoms with van der Waals surface area (Å²) in [6.45, 7) is 5.58. The molecule has 1 aromatic carbocycles. The number of morpholine rings is 1. The number of carbonyl (C=O) groups excluding carboxylic acids is 1. The van der Waals surface area contributed by atoms with Crippen molar-refractivity contribution in [2.45, 2.75) is 50.7 Å². The normalized spacial score (nSPS) is 21.6. The summed E-state index contributed by atoms with van der Waals surface area (Å²) in [5.41, 5.74) is 4.51. The number of nitrogens with one attached hydrogen (secondary N) is 1. The Labute approximate surface area is 188 Å². The number of nitrogens with zero attached hydrogens (tertiary/aromatic N) is 4. The Morgan fingerprint density at radius 1 is 1.12 bits per heavy atom. The average Bonchev–Trinajstić information content (AvgIpc) is 3.39. The number of aromatic amines is 1. The van der Waals surface area contributed by atoms with E-state index in [1.54, 1.807) is 0 Å². The third-order valence-electron chi connectivity index (χ3n) is 7.36. The molecule has 7 heteroatoms. The lowest BCUT2D eigenvalue weighted by atomic mass is 9.91. The summed E-state index contributed by atoms with van der Waals surface area (Å²) < 4.78 is 7.76. The molecule has 32 heavy (non-hydrogen) atoms. The van der Waals surface area contributed by atoms with Gasteiger partial charge in [-0.05, 0) is 55.9 Å². The van der Waals surface area contributed by atoms with Gasteiger partial charge in [0, 0.05) is 66.6 Å². The first kappa shape index (κ1) is 20.0. The molecule has 1 atom stereocenters. The molecule has 2 aromatic heterocycles. The van der Waals surface area contributed by atoms with Crippen molar-refractivity contribution in [1.82, 2.24) is 24.6 Å². The van der Waals surface area contributed by atoms with Crippen LogP contribution in [0.2, 0.25) is 0 Å². The van der Waals surface area contributed by atoms with Crippen LogP contribution in [-0.4, -0.2) is 75.4 Å². The lowest BCUT2D eigenvalue weighted by molar-refractivity contribution is 0.0365. The number of fused-ring (bicyclic) bond motifs is 2. The lowest BCUT2D eigenvalue weighted by Crippen LogP contribution is -2.44. The number of rotatable bonds is 6. The van der Waals surface area contributed by atoms with Crippen LogP contribution in [-0.2, 0) is 24.1 Å². The summed E-state index contributed by atoms with van der Waals surface area (Å²) in [7, 11) is 0. The molecule has 1 saturated carbocycles. The van der Waals surface area contributed by atoms with E-state index in [9.17, 15) is 4.79 Å². The van der Waals surface area contributed by atoms with Crippen molar-refractivity contribution in [3.63, 3.8) is 0 Å². The Kier molecular flexibility index (Phi) is 5.23. The predicted molar refractivity (Wildman–Crippen MR) is 123 cm³/mol. The average molecular weight is 434 g/mol. The molecule has 3 aliphatic rings. The molecule has 1 saturated heterocycles. The van der Waals surface area contributed by atoms with Crippen molar-refractivity contribution in [3.05, 3.63) is 53.5 Å². The van der Waals surface area contributed by atoms with Crippen LogP contribution in [0.5, 0.6) is 0 Å². The molecule has 168 valence electrons. The van der Waals surface area contributed by atoms with Gasteiger partial charge in [0.15, 0.2) is 0 Å². The third kappa shape index (κ3) is 3.73. The molecule has 0 spiro atoms. The van der Waals surface area contributed by atoms with E-state index in [4.69, 9.17) is 4.74 Å². The first-order valence-electron chi connectivity index (χ1n) is 12.0. The molecule has 1 N–H and O–H groups in total. The SMILES string of the molecule is O=C(c1cccc2c1ccn2CCN1CCOCC1)N(C1CC1)C1CCc2[nH]ncc2C1. The van der Waals surface area contributed by atoms with Gasteiger partial charge in [-0.25, -0.2) is 0 Å². The van der Waals surface area contributed by atoms with Crippen LogP contribution in [0.15, 0.2) is 36.7 Å². The van der Waals surface area contributed by atoms with E-state index in [1.165, 1.54) is 11.3 Å². The minimum atomic E-state index is 0.195. The molecule has 0 radical (unpaired) electrons. The third-order valence-corrected chi connectivity index (χ3v) is 7.36. The number of benzene rings is 1. The maximum atomic E-state index is 13.9. The minimum Gasteiger partial charge on any atom is -0.379 e. The second kappa shape index (κ2) is 8.37. The van der Waals surface area contributed by atoms with E-state index in [0.717, 1.165) is 88.0 Å². The van der Waals surface area contributed by atoms with Crippen molar-refractivity contribution < 1.29 is 9.53 Å². The van der Waals surface area contributed by atoms with Crippen molar-refractivity contribution in [3.8, 4) is 0 Å². The van der Waals surface area contributed by atoms with Crippen LogP contribution in [0.25, 0.3) is 10.9 Å². The van der Waals surface area contributed by atoms with Crippen LogP contribution >= 0.6 is 0 Å². The van der Waals surface area contributed by atoms with Gasteiger partial charge in [0.05, 0.1) is 19.4 Å². The molecule has 1 unspecified atom stereocenters. The van der Waals surface area contributed by atoms with E-state index in [0.29, 0.717) is 6.04 Å². The Morgan fingerprint density at radius 2 is 2.00 bits per heavy atom. The maximum absolute atomic E-state index is 13.9. The number of carbonyl (C=O) groups is 1. The second-order valence-corrected chi connectivity index (χ2v) is 9.42. The quantitative estimate of drug-likeness (QED) is 0.649. The largest absolute Gasteiger partial charge is 0.379 e. The van der Waals surface area contributed by atoms with Gasteiger partial charge in [-0.3, -0.25) is 14.8 Å². The molecule has 7 nitrogen and oxygen atoms in total. The minimum absolute atomic E-state index is 0.195.